The Labute approximate surface area is 208 Å². The lowest BCUT2D eigenvalue weighted by atomic mass is 9.61. The summed E-state index contributed by atoms with van der Waals surface area (Å²) in [5.74, 6) is 3.17. The predicted molar refractivity (Wildman–Crippen MR) is 140 cm³/mol. The van der Waals surface area contributed by atoms with E-state index < -0.39 is 5.60 Å². The lowest BCUT2D eigenvalue weighted by molar-refractivity contribution is -0.0574. The highest BCUT2D eigenvalue weighted by Gasteiger charge is 2.46. The van der Waals surface area contributed by atoms with E-state index in [9.17, 15) is 5.11 Å². The second-order valence-corrected chi connectivity index (χ2v) is 10.2. The van der Waals surface area contributed by atoms with Crippen molar-refractivity contribution in [2.75, 3.05) is 34.4 Å². The van der Waals surface area contributed by atoms with E-state index in [1.807, 2.05) is 12.1 Å². The summed E-state index contributed by atoms with van der Waals surface area (Å²) in [6.45, 7) is 1.87. The van der Waals surface area contributed by atoms with Crippen molar-refractivity contribution >= 4 is 16.6 Å². The van der Waals surface area contributed by atoms with Crippen LogP contribution in [0.15, 0.2) is 48.5 Å². The third-order valence-electron chi connectivity index (χ3n) is 7.95. The number of nitrogens with one attached hydrogen (secondary N) is 1. The topological polar surface area (TPSA) is 70.6 Å². The zero-order chi connectivity index (χ0) is 24.4. The average molecular weight is 476 g/mol. The Morgan fingerprint density at radius 2 is 1.94 bits per heavy atom. The number of imidazole rings is 1. The maximum atomic E-state index is 11.5. The van der Waals surface area contributed by atoms with Gasteiger partial charge in [0.15, 0.2) is 0 Å². The van der Waals surface area contributed by atoms with Crippen molar-refractivity contribution in [3.8, 4) is 11.5 Å². The molecule has 0 amide bonds. The van der Waals surface area contributed by atoms with E-state index in [4.69, 9.17) is 14.5 Å². The van der Waals surface area contributed by atoms with Gasteiger partial charge in [0.2, 0.25) is 0 Å². The molecule has 3 aliphatic rings. The van der Waals surface area contributed by atoms with E-state index in [0.717, 1.165) is 73.6 Å². The van der Waals surface area contributed by atoms with Gasteiger partial charge in [-0.05, 0) is 62.8 Å². The van der Waals surface area contributed by atoms with Gasteiger partial charge in [0.05, 0.1) is 25.3 Å². The van der Waals surface area contributed by atoms with Gasteiger partial charge in [-0.3, -0.25) is 0 Å². The highest BCUT2D eigenvalue weighted by Crippen LogP contribution is 2.51. The number of fused-ring (bicyclic) bond motifs is 3. The molecule has 0 aliphatic heterocycles. The van der Waals surface area contributed by atoms with Gasteiger partial charge in [-0.15, -0.1) is 0 Å². The molecule has 1 aromatic heterocycles. The number of aromatic amines is 1. The fourth-order valence-corrected chi connectivity index (χ4v) is 5.95. The van der Waals surface area contributed by atoms with Crippen molar-refractivity contribution in [1.82, 2.24) is 14.9 Å². The summed E-state index contributed by atoms with van der Waals surface area (Å²) >= 11 is 0. The number of hydrogen-bond donors (Lipinski definition) is 2. The number of aryl methyl sites for hydroxylation is 1. The number of benzene rings is 2. The Bertz CT molecular complexity index is 1190. The van der Waals surface area contributed by atoms with Crippen molar-refractivity contribution in [1.29, 1.82) is 0 Å². The van der Waals surface area contributed by atoms with Crippen molar-refractivity contribution < 1.29 is 14.6 Å². The first kappa shape index (κ1) is 23.9. The molecule has 3 atom stereocenters. The van der Waals surface area contributed by atoms with Crippen LogP contribution in [0.2, 0.25) is 0 Å². The van der Waals surface area contributed by atoms with E-state index in [1.54, 1.807) is 14.2 Å². The number of methoxy groups -OCH3 is 2. The van der Waals surface area contributed by atoms with Crippen LogP contribution >= 0.6 is 0 Å². The van der Waals surface area contributed by atoms with E-state index in [0.29, 0.717) is 5.92 Å². The van der Waals surface area contributed by atoms with Crippen molar-refractivity contribution in [3.05, 3.63) is 59.9 Å². The van der Waals surface area contributed by atoms with Crippen molar-refractivity contribution in [3.63, 3.8) is 0 Å². The van der Waals surface area contributed by atoms with Gasteiger partial charge in [0.1, 0.15) is 22.8 Å². The van der Waals surface area contributed by atoms with E-state index in [-0.39, 0.29) is 5.92 Å². The van der Waals surface area contributed by atoms with Crippen LogP contribution in [-0.2, 0) is 6.42 Å². The van der Waals surface area contributed by atoms with Crippen molar-refractivity contribution in [2.24, 2.45) is 11.8 Å². The van der Waals surface area contributed by atoms with Crippen LogP contribution in [-0.4, -0.2) is 59.9 Å². The zero-order valence-electron chi connectivity index (χ0n) is 21.1. The highest BCUT2D eigenvalue weighted by molar-refractivity contribution is 5.83. The van der Waals surface area contributed by atoms with Crippen LogP contribution in [0.5, 0.6) is 11.5 Å². The molecule has 0 spiro atoms. The summed E-state index contributed by atoms with van der Waals surface area (Å²) in [4.78, 5) is 10.5. The predicted octanol–water partition coefficient (Wildman–Crippen LogP) is 5.08. The van der Waals surface area contributed by atoms with Gasteiger partial charge in [-0.2, -0.15) is 0 Å². The summed E-state index contributed by atoms with van der Waals surface area (Å²) in [7, 11) is 5.46. The van der Waals surface area contributed by atoms with Gasteiger partial charge in [-0.25, -0.2) is 4.98 Å². The summed E-state index contributed by atoms with van der Waals surface area (Å²) in [6, 6.07) is 14.5. The Morgan fingerprint density at radius 1 is 1.11 bits per heavy atom. The molecular formula is C29H37N3O3. The number of aliphatic hydroxyl groups is 1. The molecule has 2 bridgehead atoms. The number of ether oxygens (including phenoxy) is 2. The number of rotatable bonds is 10. The summed E-state index contributed by atoms with van der Waals surface area (Å²) in [6.07, 6.45) is 8.24. The molecule has 1 fully saturated rings. The molecular weight excluding hydrogens is 438 g/mol. The minimum Gasteiger partial charge on any atom is -0.497 e. The Kier molecular flexibility index (Phi) is 6.85. The van der Waals surface area contributed by atoms with Gasteiger partial charge < -0.3 is 24.5 Å². The van der Waals surface area contributed by atoms with Crippen molar-refractivity contribution in [2.45, 2.75) is 44.1 Å². The van der Waals surface area contributed by atoms with Gasteiger partial charge in [-0.1, -0.05) is 36.4 Å². The summed E-state index contributed by atoms with van der Waals surface area (Å²) < 4.78 is 10.8. The Hall–Kier alpha value is -2.83. The standard InChI is InChI=1S/C29H37N3O3/c1-32(14-7-10-27-30-25-17-23(34-2)18-26(35-3)28(25)31-27)15-13-29(33)19-21-11-12-22(29)16-24(21)20-8-5-4-6-9-20/h4-6,8-9,16-18,21-22,33H,7,10-15,19H2,1-3H3,(H,30,31)/t21-,22-,29+/m1/s1. The molecule has 3 aliphatic carbocycles. The Morgan fingerprint density at radius 3 is 2.66 bits per heavy atom. The quantitative estimate of drug-likeness (QED) is 0.428. The summed E-state index contributed by atoms with van der Waals surface area (Å²) in [5.41, 5.74) is 3.96. The van der Waals surface area contributed by atoms with Crippen LogP contribution in [0.3, 0.4) is 0 Å². The molecule has 2 N–H and O–H groups in total. The number of aromatic nitrogens is 2. The molecule has 6 heteroatoms. The number of nitrogens with zero attached hydrogens (tertiary/aromatic N) is 2. The van der Waals surface area contributed by atoms with Crippen LogP contribution in [0.25, 0.3) is 16.6 Å². The maximum absolute atomic E-state index is 11.5. The first-order chi connectivity index (χ1) is 17.0. The van der Waals surface area contributed by atoms with Gasteiger partial charge in [0, 0.05) is 31.0 Å². The summed E-state index contributed by atoms with van der Waals surface area (Å²) in [5, 5.41) is 11.5. The number of allylic oxidation sites excluding steroid dienone is 1. The molecule has 0 radical (unpaired) electrons. The fourth-order valence-electron chi connectivity index (χ4n) is 5.95. The number of hydrogen-bond acceptors (Lipinski definition) is 5. The lowest BCUT2D eigenvalue weighted by Gasteiger charge is -2.48. The Balaban J connectivity index is 1.14. The largest absolute Gasteiger partial charge is 0.497 e. The molecule has 6 nitrogen and oxygen atoms in total. The van der Waals surface area contributed by atoms with E-state index in [2.05, 4.69) is 53.3 Å². The third-order valence-corrected chi connectivity index (χ3v) is 7.95. The molecule has 2 aromatic carbocycles. The third kappa shape index (κ3) is 4.95. The number of H-pyrrole nitrogens is 1. The van der Waals surface area contributed by atoms with Crippen LogP contribution < -0.4 is 9.47 Å². The SMILES string of the molecule is COc1cc(OC)c2nc(CCCN(C)CC[C@]3(O)C[C@H]4CC[C@@H]3C=C4c3ccccc3)[nH]c2c1. The van der Waals surface area contributed by atoms with Crippen LogP contribution in [0, 0.1) is 11.8 Å². The average Bonchev–Trinajstić information content (AvgIpc) is 3.30. The molecule has 3 aromatic rings. The molecule has 0 saturated heterocycles. The van der Waals surface area contributed by atoms with Crippen LogP contribution in [0.4, 0.5) is 0 Å². The molecule has 6 rings (SSSR count). The monoisotopic (exact) mass is 475 g/mol. The van der Waals surface area contributed by atoms with Gasteiger partial charge in [0.25, 0.3) is 0 Å². The smallest absolute Gasteiger partial charge is 0.150 e. The van der Waals surface area contributed by atoms with E-state index in [1.165, 1.54) is 17.6 Å². The normalized spacial score (nSPS) is 23.6. The first-order valence-electron chi connectivity index (χ1n) is 12.8. The van der Waals surface area contributed by atoms with Gasteiger partial charge >= 0.3 is 0 Å². The second-order valence-electron chi connectivity index (χ2n) is 10.2. The van der Waals surface area contributed by atoms with Crippen LogP contribution in [0.1, 0.15) is 43.5 Å². The first-order valence-corrected chi connectivity index (χ1v) is 12.8. The lowest BCUT2D eigenvalue weighted by Crippen LogP contribution is -2.48. The molecule has 0 unspecified atom stereocenters. The van der Waals surface area contributed by atoms with E-state index >= 15 is 0 Å². The fraction of sp³-hybridized carbons (Fsp3) is 0.483. The second kappa shape index (κ2) is 10.0. The molecule has 1 heterocycles. The minimum absolute atomic E-state index is 0.263. The molecule has 1 saturated carbocycles. The maximum Gasteiger partial charge on any atom is 0.150 e. The molecule has 186 valence electrons. The molecule has 35 heavy (non-hydrogen) atoms. The minimum atomic E-state index is -0.580. The zero-order valence-corrected chi connectivity index (χ0v) is 21.1. The highest BCUT2D eigenvalue weighted by atomic mass is 16.5.